The molecule has 0 heterocycles. The zero-order chi connectivity index (χ0) is 14.0. The molecule has 0 spiro atoms. The Morgan fingerprint density at radius 2 is 2.11 bits per heavy atom. The lowest BCUT2D eigenvalue weighted by atomic mass is 9.68. The van der Waals surface area contributed by atoms with E-state index in [0.717, 1.165) is 25.7 Å². The van der Waals surface area contributed by atoms with Crippen LogP contribution >= 0.6 is 0 Å². The van der Waals surface area contributed by atoms with Crippen molar-refractivity contribution >= 4 is 17.3 Å². The molecule has 3 nitrogen and oxygen atoms in total. The van der Waals surface area contributed by atoms with Gasteiger partial charge in [0.25, 0.3) is 0 Å². The summed E-state index contributed by atoms with van der Waals surface area (Å²) in [6.07, 6.45) is 6.86. The highest BCUT2D eigenvalue weighted by atomic mass is 16.1. The molecular weight excluding hydrogens is 240 g/mol. The molecule has 0 bridgehead atoms. The highest BCUT2D eigenvalue weighted by molar-refractivity contribution is 6.05. The van der Waals surface area contributed by atoms with Gasteiger partial charge in [0.15, 0.2) is 11.6 Å². The molecular formula is C16H22O3. The maximum Gasteiger partial charge on any atom is 0.159 e. The summed E-state index contributed by atoms with van der Waals surface area (Å²) in [4.78, 5) is 35.1. The van der Waals surface area contributed by atoms with Gasteiger partial charge in [-0.2, -0.15) is 0 Å². The third-order valence-corrected chi connectivity index (χ3v) is 4.63. The summed E-state index contributed by atoms with van der Waals surface area (Å²) in [6, 6.07) is 0. The Hall–Kier alpha value is -1.25. The van der Waals surface area contributed by atoms with Crippen molar-refractivity contribution in [2.75, 3.05) is 0 Å². The predicted octanol–water partition coefficient (Wildman–Crippen LogP) is 3.02. The van der Waals surface area contributed by atoms with Gasteiger partial charge in [0.05, 0.1) is 0 Å². The first-order valence-electron chi connectivity index (χ1n) is 7.19. The van der Waals surface area contributed by atoms with Crippen molar-refractivity contribution in [3.05, 3.63) is 11.6 Å². The Morgan fingerprint density at radius 1 is 1.37 bits per heavy atom. The fourth-order valence-electron chi connectivity index (χ4n) is 3.53. The molecule has 1 saturated carbocycles. The van der Waals surface area contributed by atoms with E-state index >= 15 is 0 Å². The molecule has 0 aromatic heterocycles. The topological polar surface area (TPSA) is 51.2 Å². The zero-order valence-electron chi connectivity index (χ0n) is 11.8. The van der Waals surface area contributed by atoms with Crippen LogP contribution in [0.3, 0.4) is 0 Å². The molecule has 1 fully saturated rings. The fraction of sp³-hybridized carbons (Fsp3) is 0.688. The van der Waals surface area contributed by atoms with Crippen molar-refractivity contribution in [3.63, 3.8) is 0 Å². The molecule has 0 N–H and O–H groups in total. The van der Waals surface area contributed by atoms with Gasteiger partial charge in [-0.1, -0.05) is 13.3 Å². The molecule has 0 aromatic carbocycles. The Labute approximate surface area is 114 Å². The SMILES string of the molecule is CC(=O)CCCC(=O)C1=CC(=O)[C@H]2CCC[C@@]2(C)C1. The van der Waals surface area contributed by atoms with Crippen LogP contribution in [0.2, 0.25) is 0 Å². The molecule has 0 saturated heterocycles. The van der Waals surface area contributed by atoms with Crippen molar-refractivity contribution in [2.24, 2.45) is 11.3 Å². The van der Waals surface area contributed by atoms with Gasteiger partial charge in [-0.25, -0.2) is 0 Å². The van der Waals surface area contributed by atoms with Gasteiger partial charge in [0, 0.05) is 18.8 Å². The standard InChI is InChI=1S/C16H22O3/c1-11(17)5-3-7-14(18)12-9-15(19)13-6-4-8-16(13,2)10-12/h9,13H,3-8,10H2,1-2H3/t13-,16+/m1/s1. The third-order valence-electron chi connectivity index (χ3n) is 4.63. The normalized spacial score (nSPS) is 29.9. The van der Waals surface area contributed by atoms with Crippen molar-refractivity contribution in [1.29, 1.82) is 0 Å². The van der Waals surface area contributed by atoms with Gasteiger partial charge < -0.3 is 4.79 Å². The van der Waals surface area contributed by atoms with Gasteiger partial charge in [0.1, 0.15) is 5.78 Å². The molecule has 0 unspecified atom stereocenters. The van der Waals surface area contributed by atoms with Gasteiger partial charge in [0.2, 0.25) is 0 Å². The van der Waals surface area contributed by atoms with Crippen molar-refractivity contribution in [1.82, 2.24) is 0 Å². The van der Waals surface area contributed by atoms with Crippen LogP contribution in [-0.4, -0.2) is 17.3 Å². The number of fused-ring (bicyclic) bond motifs is 1. The fourth-order valence-corrected chi connectivity index (χ4v) is 3.53. The lowest BCUT2D eigenvalue weighted by Gasteiger charge is -2.34. The van der Waals surface area contributed by atoms with E-state index in [1.54, 1.807) is 6.08 Å². The number of carbonyl (C=O) groups excluding carboxylic acids is 3. The quantitative estimate of drug-likeness (QED) is 0.765. The zero-order valence-corrected chi connectivity index (χ0v) is 11.8. The van der Waals surface area contributed by atoms with Crippen molar-refractivity contribution in [2.45, 2.75) is 58.8 Å². The van der Waals surface area contributed by atoms with E-state index in [1.165, 1.54) is 6.92 Å². The molecule has 2 aliphatic rings. The maximum absolute atomic E-state index is 12.1. The molecule has 2 aliphatic carbocycles. The number of carbonyl (C=O) groups is 3. The maximum atomic E-state index is 12.1. The minimum Gasteiger partial charge on any atom is -0.300 e. The van der Waals surface area contributed by atoms with E-state index in [9.17, 15) is 14.4 Å². The van der Waals surface area contributed by atoms with Crippen LogP contribution in [0.4, 0.5) is 0 Å². The second-order valence-electron chi connectivity index (χ2n) is 6.33. The predicted molar refractivity (Wildman–Crippen MR) is 72.7 cm³/mol. The second kappa shape index (κ2) is 5.40. The summed E-state index contributed by atoms with van der Waals surface area (Å²) in [6.45, 7) is 3.68. The van der Waals surface area contributed by atoms with E-state index in [-0.39, 0.29) is 28.7 Å². The summed E-state index contributed by atoms with van der Waals surface area (Å²) in [5.41, 5.74) is 0.686. The first kappa shape index (κ1) is 14.2. The van der Waals surface area contributed by atoms with Gasteiger partial charge in [-0.3, -0.25) is 9.59 Å². The lowest BCUT2D eigenvalue weighted by Crippen LogP contribution is -2.33. The Bertz CT molecular complexity index is 447. The molecule has 0 aromatic rings. The molecule has 0 radical (unpaired) electrons. The number of allylic oxidation sites excluding steroid dienone is 2. The van der Waals surface area contributed by atoms with Crippen molar-refractivity contribution in [3.8, 4) is 0 Å². The van der Waals surface area contributed by atoms with Crippen LogP contribution in [0.1, 0.15) is 58.8 Å². The van der Waals surface area contributed by atoms with Crippen LogP contribution in [0.25, 0.3) is 0 Å². The lowest BCUT2D eigenvalue weighted by molar-refractivity contribution is -0.124. The van der Waals surface area contributed by atoms with E-state index in [2.05, 4.69) is 6.92 Å². The van der Waals surface area contributed by atoms with E-state index < -0.39 is 0 Å². The summed E-state index contributed by atoms with van der Waals surface area (Å²) < 4.78 is 0. The summed E-state index contributed by atoms with van der Waals surface area (Å²) in [5, 5.41) is 0. The number of hydrogen-bond donors (Lipinski definition) is 0. The first-order chi connectivity index (χ1) is 8.92. The van der Waals surface area contributed by atoms with E-state index in [0.29, 0.717) is 24.8 Å². The smallest absolute Gasteiger partial charge is 0.159 e. The van der Waals surface area contributed by atoms with E-state index in [1.807, 2.05) is 0 Å². The number of hydrogen-bond acceptors (Lipinski definition) is 3. The molecule has 2 atom stereocenters. The minimum atomic E-state index is -0.00258. The summed E-state index contributed by atoms with van der Waals surface area (Å²) in [5.74, 6) is 0.438. The van der Waals surface area contributed by atoms with Gasteiger partial charge in [-0.15, -0.1) is 0 Å². The van der Waals surface area contributed by atoms with Crippen LogP contribution in [0, 0.1) is 11.3 Å². The summed E-state index contributed by atoms with van der Waals surface area (Å²) in [7, 11) is 0. The number of Topliss-reactive ketones (excluding diaryl/α,β-unsaturated/α-hetero) is 2. The van der Waals surface area contributed by atoms with Crippen molar-refractivity contribution < 1.29 is 14.4 Å². The Kier molecular flexibility index (Phi) is 4.02. The first-order valence-corrected chi connectivity index (χ1v) is 7.19. The molecule has 2 rings (SSSR count). The Balaban J connectivity index is 2.01. The van der Waals surface area contributed by atoms with E-state index in [4.69, 9.17) is 0 Å². The Morgan fingerprint density at radius 3 is 2.79 bits per heavy atom. The van der Waals surface area contributed by atoms with Crippen LogP contribution in [-0.2, 0) is 14.4 Å². The average molecular weight is 262 g/mol. The molecule has 3 heteroatoms. The average Bonchev–Trinajstić information content (AvgIpc) is 2.70. The van der Waals surface area contributed by atoms with Gasteiger partial charge in [-0.05, 0) is 49.7 Å². The number of ketones is 3. The second-order valence-corrected chi connectivity index (χ2v) is 6.33. The summed E-state index contributed by atoms with van der Waals surface area (Å²) >= 11 is 0. The van der Waals surface area contributed by atoms with Crippen LogP contribution in [0.15, 0.2) is 11.6 Å². The minimum absolute atomic E-state index is 0.00258. The van der Waals surface area contributed by atoms with Crippen LogP contribution in [0.5, 0.6) is 0 Å². The molecule has 0 amide bonds. The highest BCUT2D eigenvalue weighted by Crippen LogP contribution is 2.50. The highest BCUT2D eigenvalue weighted by Gasteiger charge is 2.45. The van der Waals surface area contributed by atoms with Crippen LogP contribution < -0.4 is 0 Å². The monoisotopic (exact) mass is 262 g/mol. The largest absolute Gasteiger partial charge is 0.300 e. The number of rotatable bonds is 5. The third kappa shape index (κ3) is 3.02. The van der Waals surface area contributed by atoms with Gasteiger partial charge >= 0.3 is 0 Å². The molecule has 0 aliphatic heterocycles. The molecule has 19 heavy (non-hydrogen) atoms. The molecule has 104 valence electrons.